The third-order valence-corrected chi connectivity index (χ3v) is 2.68. The van der Waals surface area contributed by atoms with Gasteiger partial charge in [-0.15, -0.1) is 11.3 Å². The highest BCUT2D eigenvalue weighted by molar-refractivity contribution is 7.20. The van der Waals surface area contributed by atoms with Crippen molar-refractivity contribution in [1.82, 2.24) is 0 Å². The van der Waals surface area contributed by atoms with Crippen molar-refractivity contribution in [1.29, 1.82) is 0 Å². The lowest BCUT2D eigenvalue weighted by atomic mass is 10.4. The number of esters is 1. The van der Waals surface area contributed by atoms with Crippen molar-refractivity contribution in [3.63, 3.8) is 0 Å². The van der Waals surface area contributed by atoms with Crippen molar-refractivity contribution >= 4 is 27.6 Å². The minimum atomic E-state index is -0.279. The molecular formula is C9H8O3S. The van der Waals surface area contributed by atoms with E-state index in [0.29, 0.717) is 11.5 Å². The Morgan fingerprint density at radius 2 is 2.54 bits per heavy atom. The minimum absolute atomic E-state index is 0.279. The summed E-state index contributed by atoms with van der Waals surface area (Å²) in [5.41, 5.74) is 0.744. The van der Waals surface area contributed by atoms with Gasteiger partial charge in [-0.1, -0.05) is 0 Å². The summed E-state index contributed by atoms with van der Waals surface area (Å²) in [6, 6.07) is 3.54. The van der Waals surface area contributed by atoms with Crippen LogP contribution in [0.25, 0.3) is 10.3 Å². The van der Waals surface area contributed by atoms with Gasteiger partial charge in [-0.05, 0) is 13.0 Å². The van der Waals surface area contributed by atoms with Crippen LogP contribution in [0.5, 0.6) is 0 Å². The van der Waals surface area contributed by atoms with E-state index < -0.39 is 0 Å². The first-order chi connectivity index (χ1) is 6.31. The molecular weight excluding hydrogens is 188 g/mol. The van der Waals surface area contributed by atoms with Gasteiger partial charge in [-0.2, -0.15) is 0 Å². The van der Waals surface area contributed by atoms with E-state index in [0.717, 1.165) is 10.3 Å². The Balaban J connectivity index is 2.34. The second kappa shape index (κ2) is 3.22. The molecule has 0 N–H and O–H groups in total. The SMILES string of the molecule is CCOC(=O)c1cc2occc2s1. The number of thiophene rings is 1. The molecule has 0 aromatic carbocycles. The molecule has 0 saturated heterocycles. The second-order valence-electron chi connectivity index (χ2n) is 2.48. The highest BCUT2D eigenvalue weighted by Gasteiger charge is 2.11. The number of fused-ring (bicyclic) bond motifs is 1. The maximum absolute atomic E-state index is 11.3. The molecule has 2 aromatic heterocycles. The number of hydrogen-bond donors (Lipinski definition) is 0. The normalized spacial score (nSPS) is 10.5. The summed E-state index contributed by atoms with van der Waals surface area (Å²) in [7, 11) is 0. The zero-order valence-corrected chi connectivity index (χ0v) is 7.89. The molecule has 0 amide bonds. The molecule has 3 nitrogen and oxygen atoms in total. The van der Waals surface area contributed by atoms with E-state index >= 15 is 0 Å². The smallest absolute Gasteiger partial charge is 0.348 e. The first kappa shape index (κ1) is 8.31. The van der Waals surface area contributed by atoms with Gasteiger partial charge in [0.15, 0.2) is 0 Å². The van der Waals surface area contributed by atoms with Gasteiger partial charge in [-0.3, -0.25) is 0 Å². The maximum Gasteiger partial charge on any atom is 0.348 e. The van der Waals surface area contributed by atoms with Crippen molar-refractivity contribution in [3.05, 3.63) is 23.3 Å². The zero-order valence-electron chi connectivity index (χ0n) is 7.07. The lowest BCUT2D eigenvalue weighted by Crippen LogP contribution is -2.01. The largest absolute Gasteiger partial charge is 0.463 e. The molecule has 0 spiro atoms. The van der Waals surface area contributed by atoms with Gasteiger partial charge >= 0.3 is 5.97 Å². The summed E-state index contributed by atoms with van der Waals surface area (Å²) in [6.07, 6.45) is 1.61. The van der Waals surface area contributed by atoms with Crippen LogP contribution in [0.15, 0.2) is 22.8 Å². The van der Waals surface area contributed by atoms with Gasteiger partial charge in [0.25, 0.3) is 0 Å². The van der Waals surface area contributed by atoms with Gasteiger partial charge in [0.2, 0.25) is 0 Å². The van der Waals surface area contributed by atoms with Gasteiger partial charge in [0.05, 0.1) is 17.6 Å². The molecule has 0 unspecified atom stereocenters. The van der Waals surface area contributed by atoms with Gasteiger partial charge < -0.3 is 9.15 Å². The van der Waals surface area contributed by atoms with Crippen LogP contribution >= 0.6 is 11.3 Å². The van der Waals surface area contributed by atoms with Crippen molar-refractivity contribution < 1.29 is 13.9 Å². The Labute approximate surface area is 78.9 Å². The molecule has 4 heteroatoms. The first-order valence-corrected chi connectivity index (χ1v) is 4.77. The van der Waals surface area contributed by atoms with Crippen LogP contribution < -0.4 is 0 Å². The predicted octanol–water partition coefficient (Wildman–Crippen LogP) is 2.67. The van der Waals surface area contributed by atoms with E-state index in [9.17, 15) is 4.79 Å². The van der Waals surface area contributed by atoms with Crippen LogP contribution in [0.1, 0.15) is 16.6 Å². The quantitative estimate of drug-likeness (QED) is 0.693. The summed E-state index contributed by atoms with van der Waals surface area (Å²) in [4.78, 5) is 11.9. The van der Waals surface area contributed by atoms with E-state index in [-0.39, 0.29) is 5.97 Å². The zero-order chi connectivity index (χ0) is 9.26. The Morgan fingerprint density at radius 1 is 1.69 bits per heavy atom. The maximum atomic E-state index is 11.3. The van der Waals surface area contributed by atoms with Crippen molar-refractivity contribution in [2.45, 2.75) is 6.92 Å². The van der Waals surface area contributed by atoms with E-state index in [4.69, 9.17) is 9.15 Å². The molecule has 68 valence electrons. The highest BCUT2D eigenvalue weighted by Crippen LogP contribution is 2.26. The third-order valence-electron chi connectivity index (χ3n) is 1.62. The van der Waals surface area contributed by atoms with E-state index in [1.807, 2.05) is 6.07 Å². The van der Waals surface area contributed by atoms with Gasteiger partial charge in [-0.25, -0.2) is 4.79 Å². The number of carbonyl (C=O) groups is 1. The number of ether oxygens (including phenoxy) is 1. The molecule has 0 aliphatic carbocycles. The summed E-state index contributed by atoms with van der Waals surface area (Å²) in [6.45, 7) is 2.19. The molecule has 0 aliphatic heterocycles. The molecule has 0 atom stereocenters. The molecule has 2 aromatic rings. The fourth-order valence-corrected chi connectivity index (χ4v) is 1.94. The van der Waals surface area contributed by atoms with Crippen LogP contribution in [0.2, 0.25) is 0 Å². The Bertz CT molecular complexity index is 398. The summed E-state index contributed by atoms with van der Waals surface area (Å²) in [5, 5.41) is 0. The summed E-state index contributed by atoms with van der Waals surface area (Å²) < 4.78 is 11.0. The number of rotatable bonds is 2. The Kier molecular flexibility index (Phi) is 2.06. The van der Waals surface area contributed by atoms with Crippen molar-refractivity contribution in [3.8, 4) is 0 Å². The standard InChI is InChI=1S/C9H8O3S/c1-2-11-9(10)8-5-6-7(13-8)3-4-12-6/h3-5H,2H2,1H3. The molecule has 0 bridgehead atoms. The lowest BCUT2D eigenvalue weighted by Gasteiger charge is -1.95. The average molecular weight is 196 g/mol. The van der Waals surface area contributed by atoms with Gasteiger partial charge in [0, 0.05) is 6.07 Å². The minimum Gasteiger partial charge on any atom is -0.463 e. The van der Waals surface area contributed by atoms with Gasteiger partial charge in [0.1, 0.15) is 10.5 Å². The highest BCUT2D eigenvalue weighted by atomic mass is 32.1. The summed E-state index contributed by atoms with van der Waals surface area (Å²) >= 11 is 1.38. The molecule has 0 fully saturated rings. The van der Waals surface area contributed by atoms with Crippen LogP contribution in [0.3, 0.4) is 0 Å². The first-order valence-electron chi connectivity index (χ1n) is 3.95. The van der Waals surface area contributed by atoms with Crippen LogP contribution in [-0.4, -0.2) is 12.6 Å². The number of furan rings is 1. The second-order valence-corrected chi connectivity index (χ2v) is 3.56. The monoisotopic (exact) mass is 196 g/mol. The molecule has 0 aliphatic rings. The fraction of sp³-hybridized carbons (Fsp3) is 0.222. The van der Waals surface area contributed by atoms with E-state index in [2.05, 4.69) is 0 Å². The molecule has 2 heterocycles. The number of hydrogen-bond acceptors (Lipinski definition) is 4. The van der Waals surface area contributed by atoms with Crippen LogP contribution in [-0.2, 0) is 4.74 Å². The molecule has 0 saturated carbocycles. The Hall–Kier alpha value is -1.29. The van der Waals surface area contributed by atoms with Crippen LogP contribution in [0.4, 0.5) is 0 Å². The Morgan fingerprint density at radius 3 is 3.23 bits per heavy atom. The lowest BCUT2D eigenvalue weighted by molar-refractivity contribution is 0.0532. The van der Waals surface area contributed by atoms with Crippen molar-refractivity contribution in [2.24, 2.45) is 0 Å². The number of carbonyl (C=O) groups excluding carboxylic acids is 1. The summed E-state index contributed by atoms with van der Waals surface area (Å²) in [5.74, 6) is -0.279. The average Bonchev–Trinajstić information content (AvgIpc) is 2.61. The van der Waals surface area contributed by atoms with E-state index in [1.165, 1.54) is 11.3 Å². The fourth-order valence-electron chi connectivity index (χ4n) is 1.07. The third kappa shape index (κ3) is 1.45. The molecule has 13 heavy (non-hydrogen) atoms. The van der Waals surface area contributed by atoms with Crippen molar-refractivity contribution in [2.75, 3.05) is 6.61 Å². The van der Waals surface area contributed by atoms with E-state index in [1.54, 1.807) is 19.3 Å². The van der Waals surface area contributed by atoms with Crippen LogP contribution in [0, 0.1) is 0 Å². The molecule has 0 radical (unpaired) electrons. The predicted molar refractivity (Wildman–Crippen MR) is 50.0 cm³/mol. The topological polar surface area (TPSA) is 39.4 Å². The molecule has 2 rings (SSSR count).